The van der Waals surface area contributed by atoms with Crippen molar-refractivity contribution >= 4 is 11.6 Å². The van der Waals surface area contributed by atoms with Crippen LogP contribution in [0.1, 0.15) is 30.5 Å². The third-order valence-electron chi connectivity index (χ3n) is 2.69. The molecule has 96 valence electrons. The molecule has 6 heteroatoms. The maximum atomic E-state index is 5.89. The van der Waals surface area contributed by atoms with Gasteiger partial charge in [-0.05, 0) is 24.1 Å². The van der Waals surface area contributed by atoms with Crippen molar-refractivity contribution in [3.8, 4) is 0 Å². The second-order valence-electron chi connectivity index (χ2n) is 4.05. The molecule has 0 spiro atoms. The average Bonchev–Trinajstić information content (AvgIpc) is 2.79. The molecule has 2 aromatic rings. The summed E-state index contributed by atoms with van der Waals surface area (Å²) in [4.78, 5) is 3.96. The quantitative estimate of drug-likeness (QED) is 0.492. The van der Waals surface area contributed by atoms with Gasteiger partial charge in [0.1, 0.15) is 5.15 Å². The molecule has 0 amide bonds. The van der Waals surface area contributed by atoms with Gasteiger partial charge < -0.3 is 0 Å². The molecule has 2 heterocycles. The van der Waals surface area contributed by atoms with Crippen molar-refractivity contribution in [1.82, 2.24) is 20.2 Å². The van der Waals surface area contributed by atoms with Gasteiger partial charge in [0.15, 0.2) is 0 Å². The first-order chi connectivity index (χ1) is 8.74. The number of aryl methyl sites for hydroxylation is 1. The first-order valence-corrected chi connectivity index (χ1v) is 6.22. The Hall–Kier alpha value is -1.43. The lowest BCUT2D eigenvalue weighted by Crippen LogP contribution is -2.28. The Morgan fingerprint density at radius 2 is 2.33 bits per heavy atom. The number of nitrogens with zero attached hydrogens (tertiary/aromatic N) is 3. The van der Waals surface area contributed by atoms with Crippen LogP contribution in [0.15, 0.2) is 30.7 Å². The van der Waals surface area contributed by atoms with Gasteiger partial charge in [-0.15, -0.1) is 0 Å². The molecule has 5 nitrogen and oxygen atoms in total. The maximum Gasteiger partial charge on any atom is 0.129 e. The van der Waals surface area contributed by atoms with Crippen molar-refractivity contribution in [2.24, 2.45) is 5.84 Å². The van der Waals surface area contributed by atoms with Gasteiger partial charge in [-0.1, -0.05) is 18.5 Å². The van der Waals surface area contributed by atoms with Crippen LogP contribution in [0.25, 0.3) is 0 Å². The molecule has 0 aromatic carbocycles. The van der Waals surface area contributed by atoms with Gasteiger partial charge in [0.2, 0.25) is 0 Å². The fourth-order valence-corrected chi connectivity index (χ4v) is 2.04. The first kappa shape index (κ1) is 13.0. The fourth-order valence-electron chi connectivity index (χ4n) is 1.86. The molecule has 0 aliphatic heterocycles. The van der Waals surface area contributed by atoms with Crippen LogP contribution in [0.4, 0.5) is 0 Å². The van der Waals surface area contributed by atoms with E-state index in [2.05, 4.69) is 22.4 Å². The average molecular weight is 266 g/mol. The Labute approximate surface area is 111 Å². The molecule has 0 radical (unpaired) electrons. The second-order valence-corrected chi connectivity index (χ2v) is 4.44. The molecule has 0 fully saturated rings. The normalized spacial score (nSPS) is 12.6. The number of nitrogens with one attached hydrogen (secondary N) is 1. The third kappa shape index (κ3) is 2.87. The van der Waals surface area contributed by atoms with Gasteiger partial charge in [0.05, 0.1) is 12.2 Å². The zero-order chi connectivity index (χ0) is 13.0. The molecule has 1 unspecified atom stereocenters. The Kier molecular flexibility index (Phi) is 4.30. The van der Waals surface area contributed by atoms with E-state index < -0.39 is 0 Å². The molecule has 0 aliphatic rings. The van der Waals surface area contributed by atoms with Crippen molar-refractivity contribution in [3.63, 3.8) is 0 Å². The van der Waals surface area contributed by atoms with Gasteiger partial charge in [-0.2, -0.15) is 5.10 Å². The zero-order valence-electron chi connectivity index (χ0n) is 10.2. The highest BCUT2D eigenvalue weighted by atomic mass is 35.5. The van der Waals surface area contributed by atoms with Gasteiger partial charge in [0.25, 0.3) is 0 Å². The second kappa shape index (κ2) is 5.95. The fraction of sp³-hybridized carbons (Fsp3) is 0.333. The highest BCUT2D eigenvalue weighted by Crippen LogP contribution is 2.22. The van der Waals surface area contributed by atoms with Crippen LogP contribution in [-0.2, 0) is 6.54 Å². The monoisotopic (exact) mass is 265 g/mol. The SMILES string of the molecule is CCCn1cc(C(NN)c2ccnc(Cl)c2)cn1. The van der Waals surface area contributed by atoms with E-state index in [9.17, 15) is 0 Å². The van der Waals surface area contributed by atoms with Crippen LogP contribution < -0.4 is 11.3 Å². The number of halogens is 1. The summed E-state index contributed by atoms with van der Waals surface area (Å²) in [5.74, 6) is 5.62. The predicted octanol–water partition coefficient (Wildman–Crippen LogP) is 1.89. The minimum absolute atomic E-state index is 0.129. The van der Waals surface area contributed by atoms with Gasteiger partial charge in [-0.3, -0.25) is 10.5 Å². The van der Waals surface area contributed by atoms with Crippen LogP contribution in [-0.4, -0.2) is 14.8 Å². The standard InChI is InChI=1S/C12H16ClN5/c1-2-5-18-8-10(7-16-18)12(17-14)9-3-4-15-11(13)6-9/h3-4,6-8,12,17H,2,5,14H2,1H3. The Morgan fingerprint density at radius 3 is 3.00 bits per heavy atom. The van der Waals surface area contributed by atoms with E-state index in [0.29, 0.717) is 5.15 Å². The van der Waals surface area contributed by atoms with E-state index in [1.54, 1.807) is 12.3 Å². The number of hydrazine groups is 1. The molecular formula is C12H16ClN5. The van der Waals surface area contributed by atoms with Crippen LogP contribution in [0.5, 0.6) is 0 Å². The van der Waals surface area contributed by atoms with Gasteiger partial charge in [0, 0.05) is 24.5 Å². The number of pyridine rings is 1. The van der Waals surface area contributed by atoms with Crippen LogP contribution in [0.3, 0.4) is 0 Å². The zero-order valence-corrected chi connectivity index (χ0v) is 10.9. The molecule has 18 heavy (non-hydrogen) atoms. The molecule has 0 aliphatic carbocycles. The molecule has 0 bridgehead atoms. The van der Waals surface area contributed by atoms with Gasteiger partial charge in [-0.25, -0.2) is 10.4 Å². The van der Waals surface area contributed by atoms with Crippen molar-refractivity contribution in [2.75, 3.05) is 0 Å². The van der Waals surface area contributed by atoms with E-state index in [-0.39, 0.29) is 6.04 Å². The van der Waals surface area contributed by atoms with E-state index >= 15 is 0 Å². The minimum atomic E-state index is -0.129. The van der Waals surface area contributed by atoms with Crippen LogP contribution in [0, 0.1) is 0 Å². The van der Waals surface area contributed by atoms with Crippen molar-refractivity contribution in [3.05, 3.63) is 47.0 Å². The summed E-state index contributed by atoms with van der Waals surface area (Å²) in [6.07, 6.45) is 6.51. The smallest absolute Gasteiger partial charge is 0.129 e. The van der Waals surface area contributed by atoms with Crippen molar-refractivity contribution < 1.29 is 0 Å². The summed E-state index contributed by atoms with van der Waals surface area (Å²) in [5.41, 5.74) is 4.75. The summed E-state index contributed by atoms with van der Waals surface area (Å²) in [5, 5.41) is 4.75. The molecule has 0 saturated carbocycles. The summed E-state index contributed by atoms with van der Waals surface area (Å²) >= 11 is 5.89. The highest BCUT2D eigenvalue weighted by molar-refractivity contribution is 6.29. The topological polar surface area (TPSA) is 68.8 Å². The first-order valence-electron chi connectivity index (χ1n) is 5.84. The van der Waals surface area contributed by atoms with Gasteiger partial charge >= 0.3 is 0 Å². The van der Waals surface area contributed by atoms with E-state index in [4.69, 9.17) is 17.4 Å². The predicted molar refractivity (Wildman–Crippen MR) is 70.9 cm³/mol. The Bertz CT molecular complexity index is 511. The number of nitrogens with two attached hydrogens (primary N) is 1. The Morgan fingerprint density at radius 1 is 1.50 bits per heavy atom. The summed E-state index contributed by atoms with van der Waals surface area (Å²) in [6, 6.07) is 3.55. The lowest BCUT2D eigenvalue weighted by Gasteiger charge is -2.14. The molecule has 2 aromatic heterocycles. The molecule has 2 rings (SSSR count). The summed E-state index contributed by atoms with van der Waals surface area (Å²) < 4.78 is 1.91. The number of hydrogen-bond donors (Lipinski definition) is 2. The maximum absolute atomic E-state index is 5.89. The molecule has 3 N–H and O–H groups in total. The number of aromatic nitrogens is 3. The van der Waals surface area contributed by atoms with Crippen LogP contribution >= 0.6 is 11.6 Å². The van der Waals surface area contributed by atoms with Crippen molar-refractivity contribution in [2.45, 2.75) is 25.9 Å². The lowest BCUT2D eigenvalue weighted by atomic mass is 10.0. The van der Waals surface area contributed by atoms with E-state index in [0.717, 1.165) is 24.1 Å². The number of rotatable bonds is 5. The van der Waals surface area contributed by atoms with E-state index in [1.165, 1.54) is 0 Å². The molecular weight excluding hydrogens is 250 g/mol. The largest absolute Gasteiger partial charge is 0.272 e. The van der Waals surface area contributed by atoms with Crippen molar-refractivity contribution in [1.29, 1.82) is 0 Å². The lowest BCUT2D eigenvalue weighted by molar-refractivity contribution is 0.598. The summed E-state index contributed by atoms with van der Waals surface area (Å²) in [6.45, 7) is 3.01. The Balaban J connectivity index is 2.27. The molecule has 1 atom stereocenters. The highest BCUT2D eigenvalue weighted by Gasteiger charge is 2.14. The third-order valence-corrected chi connectivity index (χ3v) is 2.90. The summed E-state index contributed by atoms with van der Waals surface area (Å²) in [7, 11) is 0. The molecule has 0 saturated heterocycles. The minimum Gasteiger partial charge on any atom is -0.272 e. The number of hydrogen-bond acceptors (Lipinski definition) is 4. The van der Waals surface area contributed by atoms with E-state index in [1.807, 2.05) is 23.1 Å². The van der Waals surface area contributed by atoms with Crippen LogP contribution in [0.2, 0.25) is 5.15 Å².